The van der Waals surface area contributed by atoms with Crippen LogP contribution in [0.25, 0.3) is 0 Å². The Bertz CT molecular complexity index is 1000. The Morgan fingerprint density at radius 2 is 1.64 bits per heavy atom. The van der Waals surface area contributed by atoms with Gasteiger partial charge in [0, 0.05) is 18.1 Å². The Labute approximate surface area is 158 Å². The molecule has 0 saturated carbocycles. The van der Waals surface area contributed by atoms with Crippen LogP contribution < -0.4 is 10.6 Å². The van der Waals surface area contributed by atoms with Crippen molar-refractivity contribution in [2.45, 2.75) is 6.18 Å². The molecule has 0 radical (unpaired) electrons. The van der Waals surface area contributed by atoms with Crippen LogP contribution in [0.5, 0.6) is 0 Å². The first kappa shape index (κ1) is 19.1. The average molecular weight is 385 g/mol. The topological polar surface area (TPSA) is 71.1 Å². The highest BCUT2D eigenvalue weighted by atomic mass is 19.4. The Kier molecular flexibility index (Phi) is 5.39. The second kappa shape index (κ2) is 7.91. The zero-order valence-electron chi connectivity index (χ0n) is 14.3. The predicted molar refractivity (Wildman–Crippen MR) is 98.0 cm³/mol. The lowest BCUT2D eigenvalue weighted by atomic mass is 10.1. The molecule has 0 atom stereocenters. The number of pyridine rings is 1. The number of alkyl halides is 3. The monoisotopic (exact) mass is 385 g/mol. The van der Waals surface area contributed by atoms with Gasteiger partial charge in [-0.15, -0.1) is 0 Å². The van der Waals surface area contributed by atoms with Crippen molar-refractivity contribution in [3.8, 4) is 0 Å². The van der Waals surface area contributed by atoms with Gasteiger partial charge in [-0.1, -0.05) is 18.2 Å². The summed E-state index contributed by atoms with van der Waals surface area (Å²) in [4.78, 5) is 28.7. The summed E-state index contributed by atoms with van der Waals surface area (Å²) in [6.45, 7) is 0. The number of hydrogen-bond acceptors (Lipinski definition) is 3. The van der Waals surface area contributed by atoms with Gasteiger partial charge in [-0.05, 0) is 42.5 Å². The minimum absolute atomic E-state index is 0.00628. The lowest BCUT2D eigenvalue weighted by molar-refractivity contribution is -0.137. The van der Waals surface area contributed by atoms with Crippen molar-refractivity contribution >= 4 is 23.2 Å². The van der Waals surface area contributed by atoms with Crippen molar-refractivity contribution in [1.82, 2.24) is 4.98 Å². The van der Waals surface area contributed by atoms with E-state index in [0.717, 1.165) is 12.1 Å². The van der Waals surface area contributed by atoms with Gasteiger partial charge in [0.1, 0.15) is 0 Å². The maximum atomic E-state index is 12.8. The van der Waals surface area contributed by atoms with Gasteiger partial charge in [-0.2, -0.15) is 13.2 Å². The SMILES string of the molecule is O=C(Nc1ccccc1C(=O)Nc1cccc(C(F)(F)F)c1)c1cccnc1. The number of amides is 2. The maximum Gasteiger partial charge on any atom is 0.416 e. The van der Waals surface area contributed by atoms with Crippen LogP contribution in [0.3, 0.4) is 0 Å². The molecule has 2 amide bonds. The van der Waals surface area contributed by atoms with Crippen LogP contribution in [0.15, 0.2) is 73.1 Å². The van der Waals surface area contributed by atoms with Crippen LogP contribution in [-0.4, -0.2) is 16.8 Å². The van der Waals surface area contributed by atoms with Crippen LogP contribution in [-0.2, 0) is 6.18 Å². The van der Waals surface area contributed by atoms with E-state index in [0.29, 0.717) is 5.56 Å². The van der Waals surface area contributed by atoms with Crippen molar-refractivity contribution in [2.24, 2.45) is 0 Å². The Balaban J connectivity index is 1.81. The molecule has 0 saturated heterocycles. The maximum absolute atomic E-state index is 12.8. The van der Waals surface area contributed by atoms with Crippen LogP contribution in [0, 0.1) is 0 Å². The number of rotatable bonds is 4. The smallest absolute Gasteiger partial charge is 0.322 e. The van der Waals surface area contributed by atoms with E-state index in [4.69, 9.17) is 0 Å². The molecule has 0 fully saturated rings. The zero-order valence-corrected chi connectivity index (χ0v) is 14.3. The van der Waals surface area contributed by atoms with Crippen LogP contribution in [0.1, 0.15) is 26.3 Å². The molecule has 3 rings (SSSR count). The standard InChI is InChI=1S/C20H14F3N3O2/c21-20(22,23)14-6-3-7-15(11-14)25-19(28)16-8-1-2-9-17(16)26-18(27)13-5-4-10-24-12-13/h1-12H,(H,25,28)(H,26,27). The van der Waals surface area contributed by atoms with E-state index in [1.54, 1.807) is 24.3 Å². The molecule has 2 aromatic carbocycles. The van der Waals surface area contributed by atoms with Crippen molar-refractivity contribution in [1.29, 1.82) is 0 Å². The molecule has 142 valence electrons. The van der Waals surface area contributed by atoms with E-state index in [9.17, 15) is 22.8 Å². The van der Waals surface area contributed by atoms with E-state index >= 15 is 0 Å². The molecule has 1 heterocycles. The quantitative estimate of drug-likeness (QED) is 0.689. The summed E-state index contributed by atoms with van der Waals surface area (Å²) in [5.41, 5.74) is -0.245. The molecule has 28 heavy (non-hydrogen) atoms. The summed E-state index contributed by atoms with van der Waals surface area (Å²) < 4.78 is 38.5. The molecule has 2 N–H and O–H groups in total. The first-order valence-corrected chi connectivity index (χ1v) is 8.13. The molecule has 0 bridgehead atoms. The lowest BCUT2D eigenvalue weighted by Gasteiger charge is -2.13. The van der Waals surface area contributed by atoms with Gasteiger partial charge in [-0.25, -0.2) is 0 Å². The summed E-state index contributed by atoms with van der Waals surface area (Å²) in [5, 5.41) is 5.03. The molecular formula is C20H14F3N3O2. The normalized spacial score (nSPS) is 11.0. The number of nitrogens with one attached hydrogen (secondary N) is 2. The van der Waals surface area contributed by atoms with Gasteiger partial charge in [0.25, 0.3) is 11.8 Å². The fourth-order valence-electron chi connectivity index (χ4n) is 2.45. The number of halogens is 3. The average Bonchev–Trinajstić information content (AvgIpc) is 2.68. The minimum atomic E-state index is -4.52. The molecule has 0 unspecified atom stereocenters. The third-order valence-electron chi connectivity index (χ3n) is 3.79. The Morgan fingerprint density at radius 1 is 0.857 bits per heavy atom. The molecule has 0 spiro atoms. The van der Waals surface area contributed by atoms with E-state index in [1.165, 1.54) is 36.7 Å². The van der Waals surface area contributed by atoms with Gasteiger partial charge >= 0.3 is 6.18 Å². The van der Waals surface area contributed by atoms with Gasteiger partial charge < -0.3 is 10.6 Å². The minimum Gasteiger partial charge on any atom is -0.322 e. The summed E-state index contributed by atoms with van der Waals surface area (Å²) in [5.74, 6) is -1.12. The first-order valence-electron chi connectivity index (χ1n) is 8.13. The number of carbonyl (C=O) groups is 2. The summed E-state index contributed by atoms with van der Waals surface area (Å²) in [7, 11) is 0. The first-order chi connectivity index (χ1) is 13.3. The summed E-state index contributed by atoms with van der Waals surface area (Å²) in [6.07, 6.45) is -1.62. The van der Waals surface area contributed by atoms with E-state index in [1.807, 2.05) is 0 Å². The molecule has 3 aromatic rings. The molecular weight excluding hydrogens is 371 g/mol. The highest BCUT2D eigenvalue weighted by molar-refractivity contribution is 6.12. The highest BCUT2D eigenvalue weighted by Gasteiger charge is 2.30. The second-order valence-electron chi connectivity index (χ2n) is 5.77. The Hall–Kier alpha value is -3.68. The van der Waals surface area contributed by atoms with E-state index in [-0.39, 0.29) is 16.9 Å². The van der Waals surface area contributed by atoms with Crippen LogP contribution in [0.2, 0.25) is 0 Å². The number of benzene rings is 2. The third kappa shape index (κ3) is 4.53. The number of anilines is 2. The molecule has 0 aliphatic rings. The lowest BCUT2D eigenvalue weighted by Crippen LogP contribution is -2.18. The van der Waals surface area contributed by atoms with Gasteiger partial charge in [0.2, 0.25) is 0 Å². The summed E-state index contributed by atoms with van der Waals surface area (Å²) >= 11 is 0. The van der Waals surface area contributed by atoms with E-state index in [2.05, 4.69) is 15.6 Å². The molecule has 5 nitrogen and oxygen atoms in total. The number of carbonyl (C=O) groups excluding carboxylic acids is 2. The highest BCUT2D eigenvalue weighted by Crippen LogP contribution is 2.31. The summed E-state index contributed by atoms with van der Waals surface area (Å²) in [6, 6.07) is 13.7. The largest absolute Gasteiger partial charge is 0.416 e. The second-order valence-corrected chi connectivity index (χ2v) is 5.77. The number of nitrogens with zero attached hydrogens (tertiary/aromatic N) is 1. The van der Waals surface area contributed by atoms with Crippen molar-refractivity contribution in [3.63, 3.8) is 0 Å². The van der Waals surface area contributed by atoms with Crippen molar-refractivity contribution in [2.75, 3.05) is 10.6 Å². The van der Waals surface area contributed by atoms with E-state index < -0.39 is 23.6 Å². The van der Waals surface area contributed by atoms with Crippen molar-refractivity contribution in [3.05, 3.63) is 89.7 Å². The Morgan fingerprint density at radius 3 is 2.36 bits per heavy atom. The van der Waals surface area contributed by atoms with Gasteiger partial charge in [0.15, 0.2) is 0 Å². The predicted octanol–water partition coefficient (Wildman–Crippen LogP) is 4.61. The number of aromatic nitrogens is 1. The van der Waals surface area contributed by atoms with Crippen molar-refractivity contribution < 1.29 is 22.8 Å². The van der Waals surface area contributed by atoms with Gasteiger partial charge in [0.05, 0.1) is 22.4 Å². The molecule has 8 heteroatoms. The van der Waals surface area contributed by atoms with Crippen LogP contribution >= 0.6 is 0 Å². The van der Waals surface area contributed by atoms with Crippen LogP contribution in [0.4, 0.5) is 24.5 Å². The fraction of sp³-hybridized carbons (Fsp3) is 0.0500. The number of hydrogen-bond donors (Lipinski definition) is 2. The fourth-order valence-corrected chi connectivity index (χ4v) is 2.45. The third-order valence-corrected chi connectivity index (χ3v) is 3.79. The number of para-hydroxylation sites is 1. The molecule has 0 aliphatic heterocycles. The zero-order chi connectivity index (χ0) is 20.1. The molecule has 0 aliphatic carbocycles. The van der Waals surface area contributed by atoms with Gasteiger partial charge in [-0.3, -0.25) is 14.6 Å². The molecule has 1 aromatic heterocycles.